The van der Waals surface area contributed by atoms with Gasteiger partial charge in [0.05, 0.1) is 27.4 Å². The summed E-state index contributed by atoms with van der Waals surface area (Å²) in [6.07, 6.45) is 3.63. The van der Waals surface area contributed by atoms with E-state index in [-0.39, 0.29) is 18.1 Å². The van der Waals surface area contributed by atoms with Crippen LogP contribution >= 0.6 is 23.1 Å². The summed E-state index contributed by atoms with van der Waals surface area (Å²) in [7, 11) is 0. The molecule has 0 bridgehead atoms. The molecular weight excluding hydrogens is 420 g/mol. The summed E-state index contributed by atoms with van der Waals surface area (Å²) in [5.41, 5.74) is 1.87. The zero-order valence-electron chi connectivity index (χ0n) is 15.9. The van der Waals surface area contributed by atoms with Crippen molar-refractivity contribution in [3.8, 4) is 0 Å². The van der Waals surface area contributed by atoms with Crippen LogP contribution in [0.3, 0.4) is 0 Å². The number of fused-ring (bicyclic) bond motifs is 1. The number of thioether (sulfide) groups is 1. The standard InChI is InChI=1S/C21H16N4O3S2/c1-29-17-7-4-5-14(11-17)20(26)24(13-15-6-2-3-10-22-15)21-23-18-9-8-16(25(27)28)12-19(18)30-21/h2-12H,13H2,1H3. The number of carbonyl (C=O) groups excluding carboxylic acids is 1. The van der Waals surface area contributed by atoms with Crippen LogP contribution in [0.5, 0.6) is 0 Å². The molecule has 0 radical (unpaired) electrons. The molecule has 7 nitrogen and oxygen atoms in total. The Balaban J connectivity index is 1.77. The van der Waals surface area contributed by atoms with E-state index in [4.69, 9.17) is 0 Å². The Morgan fingerprint density at radius 1 is 1.17 bits per heavy atom. The second-order valence-electron chi connectivity index (χ2n) is 6.35. The molecule has 2 aromatic carbocycles. The first kappa shape index (κ1) is 20.0. The van der Waals surface area contributed by atoms with Gasteiger partial charge in [-0.3, -0.25) is 24.8 Å². The van der Waals surface area contributed by atoms with Gasteiger partial charge in [-0.25, -0.2) is 4.98 Å². The molecule has 9 heteroatoms. The van der Waals surface area contributed by atoms with Gasteiger partial charge in [-0.05, 0) is 42.7 Å². The second-order valence-corrected chi connectivity index (χ2v) is 8.24. The van der Waals surface area contributed by atoms with Crippen LogP contribution in [-0.2, 0) is 6.54 Å². The zero-order valence-corrected chi connectivity index (χ0v) is 17.5. The maximum Gasteiger partial charge on any atom is 0.270 e. The monoisotopic (exact) mass is 436 g/mol. The number of anilines is 1. The molecule has 0 aliphatic heterocycles. The van der Waals surface area contributed by atoms with Gasteiger partial charge in [0.15, 0.2) is 5.13 Å². The van der Waals surface area contributed by atoms with E-state index < -0.39 is 4.92 Å². The fraction of sp³-hybridized carbons (Fsp3) is 0.0952. The lowest BCUT2D eigenvalue weighted by Crippen LogP contribution is -2.30. The number of nitro benzene ring substituents is 1. The molecule has 4 rings (SSSR count). The second kappa shape index (κ2) is 8.60. The van der Waals surface area contributed by atoms with E-state index in [9.17, 15) is 14.9 Å². The molecule has 2 aromatic heterocycles. The molecule has 0 fully saturated rings. The zero-order chi connectivity index (χ0) is 21.1. The molecule has 2 heterocycles. The summed E-state index contributed by atoms with van der Waals surface area (Å²) in [5.74, 6) is -0.204. The number of thiazole rings is 1. The van der Waals surface area contributed by atoms with Crippen LogP contribution in [-0.4, -0.2) is 27.1 Å². The molecule has 0 N–H and O–H groups in total. The number of pyridine rings is 1. The number of benzene rings is 2. The Bertz CT molecular complexity index is 1230. The molecule has 30 heavy (non-hydrogen) atoms. The summed E-state index contributed by atoms with van der Waals surface area (Å²) in [5, 5.41) is 11.6. The van der Waals surface area contributed by atoms with Crippen LogP contribution in [0.25, 0.3) is 10.2 Å². The van der Waals surface area contributed by atoms with Crippen molar-refractivity contribution in [2.75, 3.05) is 11.2 Å². The Hall–Kier alpha value is -3.30. The van der Waals surface area contributed by atoms with Crippen molar-refractivity contribution in [2.24, 2.45) is 0 Å². The predicted octanol–water partition coefficient (Wildman–Crippen LogP) is 5.17. The van der Waals surface area contributed by atoms with Crippen molar-refractivity contribution >= 4 is 50.0 Å². The third-order valence-corrected chi connectivity index (χ3v) is 6.18. The van der Waals surface area contributed by atoms with Gasteiger partial charge in [0.2, 0.25) is 0 Å². The molecule has 1 amide bonds. The molecule has 0 saturated carbocycles. The SMILES string of the molecule is CSc1cccc(C(=O)N(Cc2ccccn2)c2nc3ccc([N+](=O)[O-])cc3s2)c1. The number of nitro groups is 1. The quantitative estimate of drug-likeness (QED) is 0.235. The summed E-state index contributed by atoms with van der Waals surface area (Å²) < 4.78 is 0.649. The van der Waals surface area contributed by atoms with Crippen LogP contribution in [0.2, 0.25) is 0 Å². The number of hydrogen-bond acceptors (Lipinski definition) is 7. The van der Waals surface area contributed by atoms with Gasteiger partial charge in [0.1, 0.15) is 0 Å². The Labute approximate surface area is 180 Å². The fourth-order valence-electron chi connectivity index (χ4n) is 2.92. The highest BCUT2D eigenvalue weighted by Gasteiger charge is 2.23. The van der Waals surface area contributed by atoms with E-state index in [1.165, 1.54) is 23.5 Å². The number of aromatic nitrogens is 2. The van der Waals surface area contributed by atoms with E-state index in [0.717, 1.165) is 10.6 Å². The van der Waals surface area contributed by atoms with Gasteiger partial charge in [-0.1, -0.05) is 23.5 Å². The number of amides is 1. The van der Waals surface area contributed by atoms with Crippen LogP contribution in [0.4, 0.5) is 10.8 Å². The molecule has 0 atom stereocenters. The molecule has 0 unspecified atom stereocenters. The minimum Gasteiger partial charge on any atom is -0.278 e. The van der Waals surface area contributed by atoms with Gasteiger partial charge in [0, 0.05) is 28.8 Å². The first-order valence-electron chi connectivity index (χ1n) is 8.96. The van der Waals surface area contributed by atoms with Crippen LogP contribution in [0.1, 0.15) is 16.1 Å². The molecule has 0 saturated heterocycles. The number of nitrogens with zero attached hydrogens (tertiary/aromatic N) is 4. The number of non-ortho nitro benzene ring substituents is 1. The first-order chi connectivity index (χ1) is 14.5. The maximum absolute atomic E-state index is 13.4. The van der Waals surface area contributed by atoms with E-state index in [0.29, 0.717) is 20.9 Å². The van der Waals surface area contributed by atoms with Crippen molar-refractivity contribution in [1.29, 1.82) is 0 Å². The highest BCUT2D eigenvalue weighted by molar-refractivity contribution is 7.98. The average molecular weight is 437 g/mol. The smallest absolute Gasteiger partial charge is 0.270 e. The molecule has 150 valence electrons. The Kier molecular flexibility index (Phi) is 5.73. The van der Waals surface area contributed by atoms with E-state index >= 15 is 0 Å². The minimum atomic E-state index is -0.441. The molecule has 0 aliphatic carbocycles. The van der Waals surface area contributed by atoms with E-state index in [1.807, 2.05) is 42.7 Å². The lowest BCUT2D eigenvalue weighted by Gasteiger charge is -2.20. The summed E-state index contributed by atoms with van der Waals surface area (Å²) in [6, 6.07) is 17.4. The minimum absolute atomic E-state index is 0.00651. The number of hydrogen-bond donors (Lipinski definition) is 0. The lowest BCUT2D eigenvalue weighted by molar-refractivity contribution is -0.384. The van der Waals surface area contributed by atoms with Crippen molar-refractivity contribution in [1.82, 2.24) is 9.97 Å². The van der Waals surface area contributed by atoms with Crippen molar-refractivity contribution in [3.05, 3.63) is 88.2 Å². The van der Waals surface area contributed by atoms with Gasteiger partial charge in [-0.2, -0.15) is 0 Å². The van der Waals surface area contributed by atoms with Crippen LogP contribution in [0.15, 0.2) is 71.8 Å². The van der Waals surface area contributed by atoms with Crippen molar-refractivity contribution in [2.45, 2.75) is 11.4 Å². The maximum atomic E-state index is 13.4. The van der Waals surface area contributed by atoms with E-state index in [1.54, 1.807) is 35.0 Å². The number of carbonyl (C=O) groups is 1. The van der Waals surface area contributed by atoms with Gasteiger partial charge in [0.25, 0.3) is 11.6 Å². The van der Waals surface area contributed by atoms with Crippen LogP contribution < -0.4 is 4.90 Å². The largest absolute Gasteiger partial charge is 0.278 e. The predicted molar refractivity (Wildman–Crippen MR) is 119 cm³/mol. The highest BCUT2D eigenvalue weighted by atomic mass is 32.2. The average Bonchev–Trinajstić information content (AvgIpc) is 3.20. The topological polar surface area (TPSA) is 89.2 Å². The number of rotatable bonds is 6. The first-order valence-corrected chi connectivity index (χ1v) is 11.0. The summed E-state index contributed by atoms with van der Waals surface area (Å²) in [4.78, 5) is 35.5. The van der Waals surface area contributed by atoms with Crippen molar-refractivity contribution < 1.29 is 9.72 Å². The molecule has 0 spiro atoms. The Morgan fingerprint density at radius 3 is 2.77 bits per heavy atom. The van der Waals surface area contributed by atoms with E-state index in [2.05, 4.69) is 9.97 Å². The van der Waals surface area contributed by atoms with Crippen LogP contribution in [0, 0.1) is 10.1 Å². The third kappa shape index (κ3) is 4.17. The summed E-state index contributed by atoms with van der Waals surface area (Å²) >= 11 is 2.81. The highest BCUT2D eigenvalue weighted by Crippen LogP contribution is 2.33. The van der Waals surface area contributed by atoms with Gasteiger partial charge in [-0.15, -0.1) is 11.8 Å². The summed E-state index contributed by atoms with van der Waals surface area (Å²) in [6.45, 7) is 0.241. The Morgan fingerprint density at radius 2 is 2.03 bits per heavy atom. The molecule has 0 aliphatic rings. The third-order valence-electron chi connectivity index (χ3n) is 4.41. The van der Waals surface area contributed by atoms with Gasteiger partial charge >= 0.3 is 0 Å². The van der Waals surface area contributed by atoms with Crippen molar-refractivity contribution in [3.63, 3.8) is 0 Å². The lowest BCUT2D eigenvalue weighted by atomic mass is 10.2. The molecular formula is C21H16N4O3S2. The fourth-order valence-corrected chi connectivity index (χ4v) is 4.38. The van der Waals surface area contributed by atoms with Gasteiger partial charge < -0.3 is 0 Å². The normalized spacial score (nSPS) is 10.8. The molecule has 4 aromatic rings.